The molecule has 0 atom stereocenters. The first-order chi connectivity index (χ1) is 9.95. The van der Waals surface area contributed by atoms with Crippen LogP contribution in [0, 0.1) is 13.8 Å². The van der Waals surface area contributed by atoms with Gasteiger partial charge in [0.2, 0.25) is 0 Å². The summed E-state index contributed by atoms with van der Waals surface area (Å²) in [7, 11) is 0. The second-order valence-electron chi connectivity index (χ2n) is 4.54. The fourth-order valence-electron chi connectivity index (χ4n) is 2.31. The van der Waals surface area contributed by atoms with Gasteiger partial charge in [0.1, 0.15) is 0 Å². The predicted octanol–water partition coefficient (Wildman–Crippen LogP) is 2.05. The van der Waals surface area contributed by atoms with Gasteiger partial charge in [0, 0.05) is 35.5 Å². The summed E-state index contributed by atoms with van der Waals surface area (Å²) in [6.45, 7) is 1.31. The lowest BCUT2D eigenvalue weighted by Crippen LogP contribution is -2.32. The van der Waals surface area contributed by atoms with Crippen LogP contribution in [0.15, 0.2) is 24.5 Å². The van der Waals surface area contributed by atoms with Gasteiger partial charge in [-0.3, -0.25) is 4.98 Å². The van der Waals surface area contributed by atoms with Crippen molar-refractivity contribution in [2.24, 2.45) is 0 Å². The Morgan fingerprint density at radius 1 is 1.44 bits per heavy atom. The third kappa shape index (κ3) is 1.94. The van der Waals surface area contributed by atoms with Crippen LogP contribution in [0.2, 0.25) is 0 Å². The van der Waals surface area contributed by atoms with E-state index >= 15 is 0 Å². The van der Waals surface area contributed by atoms with E-state index in [0.717, 1.165) is 35.6 Å². The van der Waals surface area contributed by atoms with Crippen LogP contribution in [0.4, 0.5) is 5.82 Å². The van der Waals surface area contributed by atoms with Crippen LogP contribution in [0.25, 0.3) is 0 Å². The van der Waals surface area contributed by atoms with Crippen LogP contribution in [0.3, 0.4) is 0 Å². The Bertz CT molecular complexity index is 670. The number of hydrogen-bond acceptors (Lipinski definition) is 4. The molecule has 0 unspecified atom stereocenters. The van der Waals surface area contributed by atoms with E-state index in [4.69, 9.17) is 4.11 Å². The van der Waals surface area contributed by atoms with Gasteiger partial charge in [-0.1, -0.05) is 6.07 Å². The van der Waals surface area contributed by atoms with Crippen molar-refractivity contribution in [2.75, 3.05) is 11.4 Å². The molecule has 0 fully saturated rings. The van der Waals surface area contributed by atoms with Crippen molar-refractivity contribution < 1.29 is 4.11 Å². The molecule has 3 rings (SSSR count). The van der Waals surface area contributed by atoms with E-state index in [1.54, 1.807) is 12.3 Å². The summed E-state index contributed by atoms with van der Waals surface area (Å²) >= 11 is 0. The number of pyridine rings is 1. The highest BCUT2D eigenvalue weighted by atomic mass is 15.3. The zero-order valence-corrected chi connectivity index (χ0v) is 10.2. The van der Waals surface area contributed by atoms with E-state index in [9.17, 15) is 0 Å². The quantitative estimate of drug-likeness (QED) is 0.768. The van der Waals surface area contributed by atoms with Crippen molar-refractivity contribution in [1.82, 2.24) is 15.2 Å². The van der Waals surface area contributed by atoms with Crippen molar-refractivity contribution in [3.8, 4) is 0 Å². The van der Waals surface area contributed by atoms with Crippen LogP contribution in [0.5, 0.6) is 0 Å². The average Bonchev–Trinajstić information content (AvgIpc) is 2.45. The van der Waals surface area contributed by atoms with E-state index < -0.39 is 6.85 Å². The maximum Gasteiger partial charge on any atom is 0.154 e. The van der Waals surface area contributed by atoms with Gasteiger partial charge in [-0.25, -0.2) is 0 Å². The molecule has 92 valence electrons. The maximum atomic E-state index is 7.50. The average molecular weight is 243 g/mol. The minimum Gasteiger partial charge on any atom is -0.350 e. The van der Waals surface area contributed by atoms with Crippen LogP contribution in [0.1, 0.15) is 26.5 Å². The molecule has 0 aromatic carbocycles. The summed E-state index contributed by atoms with van der Waals surface area (Å²) in [5.74, 6) is 0.849. The molecule has 0 spiro atoms. The molecule has 2 aromatic heterocycles. The standard InChI is InChI=1S/C14H16N4/c1-10-7-12-9-18(6-4-13(12)15-8-10)14-11(2)3-5-16-17-14/h3,5,7-8H,4,6,9H2,1-2H3/i1D3. The first kappa shape index (κ1) is 8.19. The monoisotopic (exact) mass is 243 g/mol. The summed E-state index contributed by atoms with van der Waals surface area (Å²) in [6.07, 6.45) is 3.92. The number of fused-ring (bicyclic) bond motifs is 1. The van der Waals surface area contributed by atoms with Gasteiger partial charge in [0.05, 0.1) is 6.20 Å². The lowest BCUT2D eigenvalue weighted by molar-refractivity contribution is 0.692. The number of rotatable bonds is 1. The van der Waals surface area contributed by atoms with Crippen LogP contribution in [-0.2, 0) is 13.0 Å². The molecule has 3 heterocycles. The zero-order valence-electron chi connectivity index (χ0n) is 13.2. The predicted molar refractivity (Wildman–Crippen MR) is 70.5 cm³/mol. The number of hydrogen-bond donors (Lipinski definition) is 0. The molecule has 0 bridgehead atoms. The Balaban J connectivity index is 1.93. The van der Waals surface area contributed by atoms with Gasteiger partial charge < -0.3 is 4.90 Å². The number of aryl methyl sites for hydroxylation is 2. The minimum absolute atomic E-state index is 0.291. The third-order valence-electron chi connectivity index (χ3n) is 3.24. The van der Waals surface area contributed by atoms with Gasteiger partial charge >= 0.3 is 0 Å². The van der Waals surface area contributed by atoms with Crippen molar-refractivity contribution in [2.45, 2.75) is 26.7 Å². The molecule has 0 saturated carbocycles. The number of anilines is 1. The minimum atomic E-state index is -2.12. The molecule has 1 aliphatic rings. The Labute approximate surface area is 111 Å². The summed E-state index contributed by atoms with van der Waals surface area (Å²) in [6, 6.07) is 3.67. The summed E-state index contributed by atoms with van der Waals surface area (Å²) < 4.78 is 22.5. The second kappa shape index (κ2) is 4.37. The van der Waals surface area contributed by atoms with E-state index in [1.807, 2.05) is 13.0 Å². The van der Waals surface area contributed by atoms with Crippen LogP contribution in [-0.4, -0.2) is 21.7 Å². The third-order valence-corrected chi connectivity index (χ3v) is 3.24. The molecular formula is C14H16N4. The largest absolute Gasteiger partial charge is 0.350 e. The maximum absolute atomic E-state index is 7.50. The fraction of sp³-hybridized carbons (Fsp3) is 0.357. The Morgan fingerprint density at radius 3 is 3.22 bits per heavy atom. The second-order valence-corrected chi connectivity index (χ2v) is 4.54. The van der Waals surface area contributed by atoms with Crippen molar-refractivity contribution in [3.05, 3.63) is 46.9 Å². The zero-order chi connectivity index (χ0) is 15.0. The first-order valence-electron chi connectivity index (χ1n) is 7.46. The van der Waals surface area contributed by atoms with E-state index in [-0.39, 0.29) is 0 Å². The van der Waals surface area contributed by atoms with Gasteiger partial charge in [-0.2, -0.15) is 5.10 Å². The number of aromatic nitrogens is 3. The van der Waals surface area contributed by atoms with E-state index in [0.29, 0.717) is 12.1 Å². The molecule has 0 aliphatic carbocycles. The SMILES string of the molecule is [2H]C([2H])([2H])c1cnc2c(c1)CN(c1nnccc1C)CC2. The normalized spacial score (nSPS) is 17.6. The summed E-state index contributed by atoms with van der Waals surface area (Å²) in [5.41, 5.74) is 3.29. The van der Waals surface area contributed by atoms with Crippen LogP contribution >= 0.6 is 0 Å². The van der Waals surface area contributed by atoms with Crippen molar-refractivity contribution >= 4 is 5.82 Å². The van der Waals surface area contributed by atoms with Crippen molar-refractivity contribution in [3.63, 3.8) is 0 Å². The smallest absolute Gasteiger partial charge is 0.154 e. The van der Waals surface area contributed by atoms with Gasteiger partial charge in [-0.05, 0) is 36.5 Å². The number of nitrogens with zero attached hydrogens (tertiary/aromatic N) is 4. The van der Waals surface area contributed by atoms with Gasteiger partial charge in [-0.15, -0.1) is 5.10 Å². The molecule has 18 heavy (non-hydrogen) atoms. The molecule has 0 saturated heterocycles. The van der Waals surface area contributed by atoms with Gasteiger partial charge in [0.15, 0.2) is 5.82 Å². The van der Waals surface area contributed by atoms with Crippen molar-refractivity contribution in [1.29, 1.82) is 0 Å². The highest BCUT2D eigenvalue weighted by Crippen LogP contribution is 2.24. The first-order valence-corrected chi connectivity index (χ1v) is 5.96. The molecule has 1 aliphatic heterocycles. The van der Waals surface area contributed by atoms with E-state index in [2.05, 4.69) is 20.1 Å². The highest BCUT2D eigenvalue weighted by molar-refractivity contribution is 5.47. The Morgan fingerprint density at radius 2 is 2.39 bits per heavy atom. The molecule has 4 heteroatoms. The molecule has 0 amide bonds. The lowest BCUT2D eigenvalue weighted by Gasteiger charge is -2.29. The molecule has 4 nitrogen and oxygen atoms in total. The molecule has 2 aromatic rings. The summed E-state index contributed by atoms with van der Waals surface area (Å²) in [4.78, 5) is 6.43. The molecular weight excluding hydrogens is 224 g/mol. The van der Waals surface area contributed by atoms with E-state index in [1.165, 1.54) is 6.20 Å². The van der Waals surface area contributed by atoms with Gasteiger partial charge in [0.25, 0.3) is 0 Å². The molecule has 0 N–H and O–H groups in total. The fourth-order valence-corrected chi connectivity index (χ4v) is 2.31. The molecule has 0 radical (unpaired) electrons. The topological polar surface area (TPSA) is 41.9 Å². The highest BCUT2D eigenvalue weighted by Gasteiger charge is 2.19. The lowest BCUT2D eigenvalue weighted by atomic mass is 10.0. The Hall–Kier alpha value is -1.97. The van der Waals surface area contributed by atoms with Crippen LogP contribution < -0.4 is 4.90 Å². The Kier molecular flexibility index (Phi) is 1.99. The summed E-state index contributed by atoms with van der Waals surface area (Å²) in [5, 5.41) is 8.13.